The summed E-state index contributed by atoms with van der Waals surface area (Å²) in [4.78, 5) is 0. The topological polar surface area (TPSA) is 55.0 Å². The van der Waals surface area contributed by atoms with Gasteiger partial charge in [0.2, 0.25) is 0 Å². The highest BCUT2D eigenvalue weighted by molar-refractivity contribution is 5.83. The van der Waals surface area contributed by atoms with E-state index in [1.54, 1.807) is 0 Å². The number of imidazole rings is 4. The minimum atomic E-state index is 0.413. The maximum Gasteiger partial charge on any atom is 0.295 e. The third-order valence-electron chi connectivity index (χ3n) is 26.3. The fourth-order valence-electron chi connectivity index (χ4n) is 19.4. The molecule has 8 aromatic heterocycles. The molecular formula is C117H134N12+4. The summed E-state index contributed by atoms with van der Waals surface area (Å²) in [5.41, 5.74) is 39.7. The lowest BCUT2D eigenvalue weighted by Gasteiger charge is -2.19. The number of hydrogen-bond donors (Lipinski definition) is 0. The Balaban J connectivity index is 0.000000132. The fraction of sp³-hybridized carbons (Fsp3) is 0.282. The predicted octanol–water partition coefficient (Wildman–Crippen LogP) is 27.7. The Morgan fingerprint density at radius 3 is 0.860 bits per heavy atom. The number of para-hydroxylation sites is 8. The van der Waals surface area contributed by atoms with E-state index in [1.165, 1.54) is 197 Å². The molecule has 129 heavy (non-hydrogen) atoms. The molecule has 0 unspecified atom stereocenters. The second-order valence-corrected chi connectivity index (χ2v) is 37.7. The van der Waals surface area contributed by atoms with Crippen LogP contribution in [0.15, 0.2) is 298 Å². The van der Waals surface area contributed by atoms with Crippen molar-refractivity contribution in [2.75, 3.05) is 0 Å². The summed E-state index contributed by atoms with van der Waals surface area (Å²) < 4.78 is 28.0. The van der Waals surface area contributed by atoms with E-state index in [9.17, 15) is 0 Å². The van der Waals surface area contributed by atoms with Crippen LogP contribution in [0.25, 0.3) is 113 Å². The van der Waals surface area contributed by atoms with Crippen LogP contribution in [0.1, 0.15) is 222 Å². The van der Waals surface area contributed by atoms with Crippen molar-refractivity contribution in [3.8, 4) is 91.1 Å². The van der Waals surface area contributed by atoms with Gasteiger partial charge in [0.1, 0.15) is 47.5 Å². The largest absolute Gasteiger partial charge is 0.324 e. The minimum Gasteiger partial charge on any atom is -0.324 e. The van der Waals surface area contributed by atoms with Gasteiger partial charge in [0.25, 0.3) is 23.3 Å². The monoisotopic (exact) mass is 1710 g/mol. The molecule has 18 rings (SSSR count). The highest BCUT2D eigenvalue weighted by atomic mass is 15.2. The minimum absolute atomic E-state index is 0.413. The molecule has 0 saturated carbocycles. The van der Waals surface area contributed by atoms with Gasteiger partial charge in [0.15, 0.2) is 22.1 Å². The molecular weight excluding hydrogens is 1570 g/mol. The molecule has 658 valence electrons. The zero-order valence-electron chi connectivity index (χ0n) is 81.2. The summed E-state index contributed by atoms with van der Waals surface area (Å²) >= 11 is 0. The molecule has 8 heterocycles. The number of aryl methyl sites for hydroxylation is 12. The number of rotatable bonds is 19. The van der Waals surface area contributed by atoms with Gasteiger partial charge in [-0.2, -0.15) is 18.3 Å². The molecule has 0 N–H and O–H groups in total. The van der Waals surface area contributed by atoms with Gasteiger partial charge in [-0.05, 0) is 246 Å². The molecule has 0 aliphatic heterocycles. The Bertz CT molecular complexity index is 6940. The summed E-state index contributed by atoms with van der Waals surface area (Å²) in [5, 5.41) is 0. The van der Waals surface area contributed by atoms with Crippen LogP contribution in [0, 0.1) is 55.4 Å². The molecule has 0 saturated heterocycles. The normalized spacial score (nSPS) is 11.7. The molecule has 0 bridgehead atoms. The molecule has 0 aliphatic carbocycles. The maximum atomic E-state index is 2.53. The van der Waals surface area contributed by atoms with Gasteiger partial charge < -0.3 is 18.3 Å². The van der Waals surface area contributed by atoms with Gasteiger partial charge in [0, 0.05) is 109 Å². The van der Waals surface area contributed by atoms with Crippen molar-refractivity contribution in [1.29, 1.82) is 0 Å². The molecule has 18 aromatic rings. The Kier molecular flexibility index (Phi) is 26.6. The summed E-state index contributed by atoms with van der Waals surface area (Å²) in [6.07, 6.45) is 17.2. The predicted molar refractivity (Wildman–Crippen MR) is 538 cm³/mol. The van der Waals surface area contributed by atoms with Crippen LogP contribution in [-0.2, 0) is 28.2 Å². The summed E-state index contributed by atoms with van der Waals surface area (Å²) in [6, 6.07) is 90.8. The Hall–Kier alpha value is -13.3. The zero-order chi connectivity index (χ0) is 91.8. The zero-order valence-corrected chi connectivity index (χ0v) is 81.2. The lowest BCUT2D eigenvalue weighted by Crippen LogP contribution is -2.30. The van der Waals surface area contributed by atoms with Gasteiger partial charge >= 0.3 is 0 Å². The number of hydrogen-bond acceptors (Lipinski definition) is 0. The maximum absolute atomic E-state index is 2.53. The van der Waals surface area contributed by atoms with Crippen LogP contribution >= 0.6 is 0 Å². The smallest absolute Gasteiger partial charge is 0.295 e. The first-order valence-corrected chi connectivity index (χ1v) is 46.5. The van der Waals surface area contributed by atoms with Crippen molar-refractivity contribution in [2.24, 2.45) is 28.2 Å². The van der Waals surface area contributed by atoms with E-state index >= 15 is 0 Å². The molecule has 0 fully saturated rings. The standard InChI is InChI=1S/C33H38N3.C29H36N3.C28H28N3.C27H32N3/c1-21(2)27-12-11-13-28(22(3)4)32(27)36-31-15-10-9-14-30(31)34(8)33(36)29-20-26(19-16-23(29)5)35-24(6)17-18-25(35)7;1-19(2)25-10-9-11-26(20(3)4)28(25)31-17-16-30(8)29(31)27-18-24(15-12-21(27)5)32-22(6)13-14-23(32)7;1-20(2)23-11-5-6-12-25(23)31-27-14-8-7-13-26(27)29(4)28(31)24-19-22(16-15-21(24)3)30-17-9-10-18-30;1-19(2)23-10-9-11-24(20(3)4)26(23)30-17-16-28(6)27(30)25-18-22(13-12-21(25)5)29-14-7-8-15-29/h9-22H,1-8H3;9-20H,1-8H3;5-20H,1-4H3;7-20H,1-6H3/q4*+1. The third-order valence-corrected chi connectivity index (χ3v) is 26.3. The molecule has 0 aliphatic rings. The molecule has 10 aromatic carbocycles. The van der Waals surface area contributed by atoms with Gasteiger partial charge in [-0.1, -0.05) is 218 Å². The SMILES string of the molecule is Cc1ccc(-n2c(C)ccc2C)cc1-c1n(-c2c(C(C)C)cccc2C(C)C)c2ccccc2[n+]1C.Cc1ccc(-n2c(C)ccc2C)cc1-c1n(-c2c(C(C)C)cccc2C(C)C)cc[n+]1C.Cc1ccc(-n2cccc2)cc1-c1n(-c2c(C(C)C)cccc2C(C)C)cc[n+]1C.Cc1ccc(-n2cccc2)cc1-c1n(-c2ccccc2C(C)C)c2ccccc2[n+]1C. The average molecular weight is 1710 g/mol. The first-order valence-electron chi connectivity index (χ1n) is 46.5. The van der Waals surface area contributed by atoms with E-state index < -0.39 is 0 Å². The molecule has 12 heteroatoms. The van der Waals surface area contributed by atoms with Crippen molar-refractivity contribution >= 4 is 22.1 Å². The first-order chi connectivity index (χ1) is 61.8. The van der Waals surface area contributed by atoms with Crippen LogP contribution < -0.4 is 18.3 Å². The van der Waals surface area contributed by atoms with Crippen LogP contribution in [0.2, 0.25) is 0 Å². The third kappa shape index (κ3) is 17.6. The Labute approximate surface area is 767 Å². The van der Waals surface area contributed by atoms with E-state index in [1.807, 2.05) is 0 Å². The lowest BCUT2D eigenvalue weighted by atomic mass is 9.92. The second kappa shape index (κ2) is 37.9. The molecule has 0 radical (unpaired) electrons. The number of nitrogens with zero attached hydrogens (tertiary/aromatic N) is 12. The van der Waals surface area contributed by atoms with E-state index in [2.05, 4.69) is 534 Å². The number of fused-ring (bicyclic) bond motifs is 2. The van der Waals surface area contributed by atoms with Crippen molar-refractivity contribution in [3.05, 3.63) is 382 Å². The molecule has 12 nitrogen and oxygen atoms in total. The highest BCUT2D eigenvalue weighted by Crippen LogP contribution is 2.42. The van der Waals surface area contributed by atoms with Crippen molar-refractivity contribution in [2.45, 2.75) is 194 Å². The molecule has 0 atom stereocenters. The van der Waals surface area contributed by atoms with Crippen LogP contribution in [0.3, 0.4) is 0 Å². The number of benzene rings is 10. The molecule has 0 spiro atoms. The van der Waals surface area contributed by atoms with Crippen molar-refractivity contribution in [3.63, 3.8) is 0 Å². The van der Waals surface area contributed by atoms with Crippen molar-refractivity contribution < 1.29 is 18.3 Å². The number of aromatic nitrogens is 12. The summed E-state index contributed by atoms with van der Waals surface area (Å²) in [6.45, 7) is 49.6. The van der Waals surface area contributed by atoms with Crippen LogP contribution in [0.5, 0.6) is 0 Å². The van der Waals surface area contributed by atoms with Crippen LogP contribution in [0.4, 0.5) is 0 Å². The van der Waals surface area contributed by atoms with Gasteiger partial charge in [-0.25, -0.2) is 18.3 Å². The van der Waals surface area contributed by atoms with Gasteiger partial charge in [-0.3, -0.25) is 0 Å². The van der Waals surface area contributed by atoms with E-state index in [0.29, 0.717) is 41.4 Å². The van der Waals surface area contributed by atoms with Crippen LogP contribution in [-0.4, -0.2) is 36.5 Å². The van der Waals surface area contributed by atoms with Crippen molar-refractivity contribution in [1.82, 2.24) is 36.5 Å². The van der Waals surface area contributed by atoms with E-state index in [-0.39, 0.29) is 0 Å². The molecule has 0 amide bonds. The second-order valence-electron chi connectivity index (χ2n) is 37.7. The summed E-state index contributed by atoms with van der Waals surface area (Å²) in [7, 11) is 8.67. The van der Waals surface area contributed by atoms with E-state index in [4.69, 9.17) is 0 Å². The Morgan fingerprint density at radius 2 is 0.512 bits per heavy atom. The first kappa shape index (κ1) is 90.5. The average Bonchev–Trinajstić information content (AvgIpc) is 1.59. The quantitative estimate of drug-likeness (QED) is 0.0725. The summed E-state index contributed by atoms with van der Waals surface area (Å²) in [5.74, 6) is 7.88. The van der Waals surface area contributed by atoms with Gasteiger partial charge in [0.05, 0.1) is 50.4 Å². The fourth-order valence-corrected chi connectivity index (χ4v) is 19.4. The Morgan fingerprint density at radius 1 is 0.233 bits per heavy atom. The highest BCUT2D eigenvalue weighted by Gasteiger charge is 2.35. The van der Waals surface area contributed by atoms with E-state index in [0.717, 1.165) is 0 Å². The van der Waals surface area contributed by atoms with Gasteiger partial charge in [-0.15, -0.1) is 0 Å². The lowest BCUT2D eigenvalue weighted by molar-refractivity contribution is -0.659.